The predicted octanol–water partition coefficient (Wildman–Crippen LogP) is 3.32. The van der Waals surface area contributed by atoms with E-state index in [4.69, 9.17) is 0 Å². The molecule has 0 aromatic rings. The molecule has 1 aliphatic rings. The van der Waals surface area contributed by atoms with E-state index in [-0.39, 0.29) is 5.41 Å². The van der Waals surface area contributed by atoms with E-state index in [0.29, 0.717) is 5.92 Å². The van der Waals surface area contributed by atoms with Crippen molar-refractivity contribution in [3.63, 3.8) is 0 Å². The van der Waals surface area contributed by atoms with Gasteiger partial charge in [-0.3, -0.25) is 0 Å². The van der Waals surface area contributed by atoms with E-state index in [0.717, 1.165) is 25.0 Å². The molecule has 1 rings (SSSR count). The van der Waals surface area contributed by atoms with Gasteiger partial charge >= 0.3 is 0 Å². The first kappa shape index (κ1) is 12.4. The summed E-state index contributed by atoms with van der Waals surface area (Å²) in [4.78, 5) is 0. The summed E-state index contributed by atoms with van der Waals surface area (Å²) in [6.07, 6.45) is 3.33. The van der Waals surface area contributed by atoms with Crippen LogP contribution < -0.4 is 0 Å². The summed E-state index contributed by atoms with van der Waals surface area (Å²) in [5.74, 6) is 2.59. The Kier molecular flexibility index (Phi) is 3.93. The van der Waals surface area contributed by atoms with Crippen molar-refractivity contribution in [2.45, 2.75) is 52.6 Å². The standard InChI is InChI=1S/C12H24OS/c1-5-10(6-2)12(13)9-14-8-7-11(12,3)4/h10,13H,5-9H2,1-4H3. The van der Waals surface area contributed by atoms with Crippen molar-refractivity contribution < 1.29 is 5.11 Å². The Bertz CT molecular complexity index is 187. The summed E-state index contributed by atoms with van der Waals surface area (Å²) < 4.78 is 0. The largest absolute Gasteiger partial charge is 0.388 e. The Labute approximate surface area is 92.7 Å². The smallest absolute Gasteiger partial charge is 0.0816 e. The van der Waals surface area contributed by atoms with Crippen LogP contribution in [-0.2, 0) is 0 Å². The fourth-order valence-corrected chi connectivity index (χ4v) is 4.34. The SMILES string of the molecule is CCC(CC)C1(O)CSCCC1(C)C. The lowest BCUT2D eigenvalue weighted by Gasteiger charge is -2.50. The third-order valence-electron chi connectivity index (χ3n) is 4.03. The number of thioether (sulfide) groups is 1. The van der Waals surface area contributed by atoms with Gasteiger partial charge in [-0.15, -0.1) is 0 Å². The molecule has 1 fully saturated rings. The van der Waals surface area contributed by atoms with Crippen LogP contribution in [0.25, 0.3) is 0 Å². The molecule has 0 aliphatic carbocycles. The molecule has 84 valence electrons. The summed E-state index contributed by atoms with van der Waals surface area (Å²) in [5.41, 5.74) is -0.353. The van der Waals surface area contributed by atoms with Gasteiger partial charge in [0.05, 0.1) is 5.60 Å². The van der Waals surface area contributed by atoms with E-state index < -0.39 is 5.60 Å². The van der Waals surface area contributed by atoms with Gasteiger partial charge in [0.1, 0.15) is 0 Å². The van der Waals surface area contributed by atoms with E-state index in [2.05, 4.69) is 27.7 Å². The highest BCUT2D eigenvalue weighted by atomic mass is 32.2. The molecule has 1 unspecified atom stereocenters. The summed E-state index contributed by atoms with van der Waals surface area (Å²) >= 11 is 1.91. The molecule has 1 heterocycles. The fourth-order valence-electron chi connectivity index (χ4n) is 2.60. The third-order valence-corrected chi connectivity index (χ3v) is 5.16. The zero-order valence-electron chi connectivity index (χ0n) is 9.97. The maximum absolute atomic E-state index is 10.8. The molecule has 1 atom stereocenters. The normalized spacial score (nSPS) is 32.1. The van der Waals surface area contributed by atoms with Crippen molar-refractivity contribution in [3.8, 4) is 0 Å². The highest BCUT2D eigenvalue weighted by Crippen LogP contribution is 2.48. The molecule has 14 heavy (non-hydrogen) atoms. The minimum atomic E-state index is -0.445. The molecule has 1 aliphatic heterocycles. The zero-order valence-corrected chi connectivity index (χ0v) is 10.8. The molecule has 1 N–H and O–H groups in total. The van der Waals surface area contributed by atoms with Crippen LogP contribution in [-0.4, -0.2) is 22.2 Å². The lowest BCUT2D eigenvalue weighted by atomic mass is 9.65. The number of rotatable bonds is 3. The minimum Gasteiger partial charge on any atom is -0.388 e. The van der Waals surface area contributed by atoms with Crippen molar-refractivity contribution >= 4 is 11.8 Å². The quantitative estimate of drug-likeness (QED) is 0.781. The predicted molar refractivity (Wildman–Crippen MR) is 64.7 cm³/mol. The van der Waals surface area contributed by atoms with E-state index in [9.17, 15) is 5.11 Å². The van der Waals surface area contributed by atoms with Crippen molar-refractivity contribution in [2.75, 3.05) is 11.5 Å². The van der Waals surface area contributed by atoms with E-state index in [1.165, 1.54) is 5.75 Å². The molecule has 1 nitrogen and oxygen atoms in total. The second-order valence-corrected chi connectivity index (χ2v) is 6.23. The summed E-state index contributed by atoms with van der Waals surface area (Å²) in [6.45, 7) is 8.85. The Morgan fingerprint density at radius 2 is 1.86 bits per heavy atom. The lowest BCUT2D eigenvalue weighted by molar-refractivity contribution is -0.0998. The molecule has 0 amide bonds. The van der Waals surface area contributed by atoms with E-state index in [1.807, 2.05) is 11.8 Å². The summed E-state index contributed by atoms with van der Waals surface area (Å²) in [5, 5.41) is 10.8. The topological polar surface area (TPSA) is 20.2 Å². The van der Waals surface area contributed by atoms with Crippen LogP contribution in [0.15, 0.2) is 0 Å². The minimum absolute atomic E-state index is 0.0922. The average Bonchev–Trinajstić information content (AvgIpc) is 2.12. The van der Waals surface area contributed by atoms with Gasteiger partial charge in [0.15, 0.2) is 0 Å². The Morgan fingerprint density at radius 1 is 1.29 bits per heavy atom. The van der Waals surface area contributed by atoms with Gasteiger partial charge in [-0.1, -0.05) is 40.5 Å². The van der Waals surface area contributed by atoms with Crippen LogP contribution in [0.2, 0.25) is 0 Å². The van der Waals surface area contributed by atoms with Gasteiger partial charge in [-0.2, -0.15) is 11.8 Å². The first-order chi connectivity index (χ1) is 6.48. The lowest BCUT2D eigenvalue weighted by Crippen LogP contribution is -2.54. The highest BCUT2D eigenvalue weighted by Gasteiger charge is 2.49. The van der Waals surface area contributed by atoms with Crippen LogP contribution in [0, 0.1) is 11.3 Å². The molecule has 0 bridgehead atoms. The fraction of sp³-hybridized carbons (Fsp3) is 1.00. The van der Waals surface area contributed by atoms with Crippen LogP contribution in [0.4, 0.5) is 0 Å². The molecule has 0 aromatic heterocycles. The molecule has 0 aromatic carbocycles. The first-order valence-electron chi connectivity index (χ1n) is 5.78. The first-order valence-corrected chi connectivity index (χ1v) is 6.93. The van der Waals surface area contributed by atoms with E-state index in [1.54, 1.807) is 0 Å². The summed E-state index contributed by atoms with van der Waals surface area (Å²) in [6, 6.07) is 0. The average molecular weight is 216 g/mol. The molecule has 0 radical (unpaired) electrons. The van der Waals surface area contributed by atoms with Gasteiger partial charge in [0, 0.05) is 5.75 Å². The molecule has 1 saturated heterocycles. The van der Waals surface area contributed by atoms with Crippen LogP contribution in [0.1, 0.15) is 47.0 Å². The Morgan fingerprint density at radius 3 is 2.29 bits per heavy atom. The number of hydrogen-bond acceptors (Lipinski definition) is 2. The number of hydrogen-bond donors (Lipinski definition) is 1. The van der Waals surface area contributed by atoms with Crippen LogP contribution in [0.3, 0.4) is 0 Å². The van der Waals surface area contributed by atoms with Gasteiger partial charge in [0.25, 0.3) is 0 Å². The monoisotopic (exact) mass is 216 g/mol. The Balaban J connectivity index is 2.87. The van der Waals surface area contributed by atoms with Crippen molar-refractivity contribution in [2.24, 2.45) is 11.3 Å². The van der Waals surface area contributed by atoms with Crippen molar-refractivity contribution in [1.82, 2.24) is 0 Å². The molecular weight excluding hydrogens is 192 g/mol. The van der Waals surface area contributed by atoms with Crippen LogP contribution in [0.5, 0.6) is 0 Å². The van der Waals surface area contributed by atoms with Crippen LogP contribution >= 0.6 is 11.8 Å². The maximum Gasteiger partial charge on any atom is 0.0816 e. The van der Waals surface area contributed by atoms with Gasteiger partial charge in [0.2, 0.25) is 0 Å². The third kappa shape index (κ3) is 1.96. The molecule has 0 saturated carbocycles. The molecular formula is C12H24OS. The number of aliphatic hydroxyl groups is 1. The van der Waals surface area contributed by atoms with Crippen molar-refractivity contribution in [1.29, 1.82) is 0 Å². The maximum atomic E-state index is 10.8. The van der Waals surface area contributed by atoms with Crippen molar-refractivity contribution in [3.05, 3.63) is 0 Å². The van der Waals surface area contributed by atoms with Gasteiger partial charge in [-0.25, -0.2) is 0 Å². The highest BCUT2D eigenvalue weighted by molar-refractivity contribution is 7.99. The molecule has 0 spiro atoms. The Hall–Kier alpha value is 0.310. The van der Waals surface area contributed by atoms with E-state index >= 15 is 0 Å². The second kappa shape index (κ2) is 4.44. The second-order valence-electron chi connectivity index (χ2n) is 5.12. The van der Waals surface area contributed by atoms with Gasteiger partial charge < -0.3 is 5.11 Å². The summed E-state index contributed by atoms with van der Waals surface area (Å²) in [7, 11) is 0. The molecule has 2 heteroatoms. The zero-order chi connectivity index (χ0) is 10.8. The van der Waals surface area contributed by atoms with Gasteiger partial charge in [-0.05, 0) is 23.5 Å².